The van der Waals surface area contributed by atoms with E-state index in [0.29, 0.717) is 13.1 Å². The third-order valence-electron chi connectivity index (χ3n) is 2.48. The summed E-state index contributed by atoms with van der Waals surface area (Å²) >= 11 is 0. The van der Waals surface area contributed by atoms with E-state index in [4.69, 9.17) is 11.1 Å². The monoisotopic (exact) mass is 198 g/mol. The first-order valence-electron chi connectivity index (χ1n) is 5.01. The van der Waals surface area contributed by atoms with E-state index in [2.05, 4.69) is 5.32 Å². The number of amides is 2. The topological polar surface area (TPSA) is 82.2 Å². The summed E-state index contributed by atoms with van der Waals surface area (Å²) in [4.78, 5) is 13.2. The van der Waals surface area contributed by atoms with Crippen molar-refractivity contribution in [1.82, 2.24) is 10.2 Å². The van der Waals surface area contributed by atoms with Crippen LogP contribution in [0.1, 0.15) is 19.8 Å². The number of carbonyl (C=O) groups is 1. The van der Waals surface area contributed by atoms with Crippen LogP contribution >= 0.6 is 0 Å². The molecule has 1 rings (SSSR count). The zero-order chi connectivity index (χ0) is 10.6. The molecule has 0 saturated carbocycles. The highest BCUT2D eigenvalue weighted by Gasteiger charge is 2.24. The minimum absolute atomic E-state index is 0.0431. The molecular formula is C9H18N4O. The van der Waals surface area contributed by atoms with E-state index < -0.39 is 0 Å². The first kappa shape index (κ1) is 10.8. The van der Waals surface area contributed by atoms with Crippen LogP contribution < -0.4 is 11.1 Å². The number of nitrogens with zero attached hydrogens (tertiary/aromatic N) is 1. The minimum Gasteiger partial charge on any atom is -0.387 e. The van der Waals surface area contributed by atoms with Crippen LogP contribution in [0.4, 0.5) is 4.79 Å². The van der Waals surface area contributed by atoms with E-state index in [0.717, 1.165) is 19.4 Å². The molecule has 1 unspecified atom stereocenters. The van der Waals surface area contributed by atoms with Gasteiger partial charge in [0, 0.05) is 25.6 Å². The number of nitrogens with one attached hydrogen (secondary N) is 2. The van der Waals surface area contributed by atoms with Gasteiger partial charge in [0.05, 0.1) is 5.84 Å². The van der Waals surface area contributed by atoms with Crippen molar-refractivity contribution in [2.24, 2.45) is 11.7 Å². The number of urea groups is 1. The number of piperidine rings is 1. The van der Waals surface area contributed by atoms with Gasteiger partial charge in [-0.15, -0.1) is 0 Å². The Morgan fingerprint density at radius 2 is 2.43 bits per heavy atom. The van der Waals surface area contributed by atoms with E-state index in [1.54, 1.807) is 4.90 Å². The number of rotatable bonds is 2. The van der Waals surface area contributed by atoms with Crippen LogP contribution in [0.5, 0.6) is 0 Å². The zero-order valence-electron chi connectivity index (χ0n) is 8.55. The summed E-state index contributed by atoms with van der Waals surface area (Å²) in [6.07, 6.45) is 1.85. The Labute approximate surface area is 84.1 Å². The average Bonchev–Trinajstić information content (AvgIpc) is 2.18. The normalized spacial score (nSPS) is 21.8. The molecule has 0 bridgehead atoms. The first-order valence-corrected chi connectivity index (χ1v) is 5.01. The van der Waals surface area contributed by atoms with Crippen molar-refractivity contribution in [2.45, 2.75) is 19.8 Å². The van der Waals surface area contributed by atoms with Crippen LogP contribution in [-0.2, 0) is 0 Å². The Kier molecular flexibility index (Phi) is 3.73. The van der Waals surface area contributed by atoms with Crippen molar-refractivity contribution in [2.75, 3.05) is 19.6 Å². The molecule has 1 atom stereocenters. The van der Waals surface area contributed by atoms with Gasteiger partial charge in [-0.2, -0.15) is 0 Å². The largest absolute Gasteiger partial charge is 0.387 e. The molecule has 0 spiro atoms. The molecule has 1 fully saturated rings. The second-order valence-corrected chi connectivity index (χ2v) is 3.58. The highest BCUT2D eigenvalue weighted by atomic mass is 16.2. The van der Waals surface area contributed by atoms with Gasteiger partial charge in [0.1, 0.15) is 0 Å². The quantitative estimate of drug-likeness (QED) is 0.442. The molecule has 0 aromatic rings. The summed E-state index contributed by atoms with van der Waals surface area (Å²) < 4.78 is 0. The summed E-state index contributed by atoms with van der Waals surface area (Å²) in [5.41, 5.74) is 5.43. The molecule has 1 aliphatic heterocycles. The maximum Gasteiger partial charge on any atom is 0.317 e. The number of hydrogen-bond acceptors (Lipinski definition) is 2. The maximum atomic E-state index is 11.5. The van der Waals surface area contributed by atoms with E-state index >= 15 is 0 Å². The molecule has 0 radical (unpaired) electrons. The van der Waals surface area contributed by atoms with E-state index in [9.17, 15) is 4.79 Å². The lowest BCUT2D eigenvalue weighted by Crippen LogP contribution is -2.47. The van der Waals surface area contributed by atoms with Crippen LogP contribution in [-0.4, -0.2) is 36.4 Å². The number of likely N-dealkylation sites (tertiary alicyclic amines) is 1. The fourth-order valence-electron chi connectivity index (χ4n) is 1.68. The van der Waals surface area contributed by atoms with Crippen LogP contribution in [0, 0.1) is 11.3 Å². The smallest absolute Gasteiger partial charge is 0.317 e. The molecule has 4 N–H and O–H groups in total. The van der Waals surface area contributed by atoms with Gasteiger partial charge in [-0.1, -0.05) is 0 Å². The fourth-order valence-corrected chi connectivity index (χ4v) is 1.68. The summed E-state index contributed by atoms with van der Waals surface area (Å²) in [6.45, 7) is 3.89. The van der Waals surface area contributed by atoms with Crippen LogP contribution in [0.25, 0.3) is 0 Å². The Morgan fingerprint density at radius 1 is 1.71 bits per heavy atom. The Bertz CT molecular complexity index is 229. The average molecular weight is 198 g/mol. The highest BCUT2D eigenvalue weighted by Crippen LogP contribution is 2.15. The van der Waals surface area contributed by atoms with Crippen molar-refractivity contribution < 1.29 is 4.79 Å². The van der Waals surface area contributed by atoms with E-state index in [1.165, 1.54) is 0 Å². The first-order chi connectivity index (χ1) is 6.65. The molecule has 5 heteroatoms. The summed E-state index contributed by atoms with van der Waals surface area (Å²) in [6, 6.07) is -0.0431. The molecule has 1 aliphatic rings. The molecule has 0 aliphatic carbocycles. The zero-order valence-corrected chi connectivity index (χ0v) is 8.55. The summed E-state index contributed by atoms with van der Waals surface area (Å²) in [5.74, 6) is 0.241. The predicted molar refractivity (Wildman–Crippen MR) is 55.3 cm³/mol. The van der Waals surface area contributed by atoms with Crippen LogP contribution in [0.3, 0.4) is 0 Å². The molecule has 1 heterocycles. The molecule has 0 aromatic carbocycles. The minimum atomic E-state index is -0.0431. The highest BCUT2D eigenvalue weighted by molar-refractivity contribution is 5.81. The van der Waals surface area contributed by atoms with Crippen molar-refractivity contribution in [3.8, 4) is 0 Å². The SMILES string of the molecule is CCNC(=O)N1CCCC(C(=N)N)C1. The van der Waals surface area contributed by atoms with Gasteiger partial charge in [0.2, 0.25) is 0 Å². The molecule has 2 amide bonds. The molecule has 1 saturated heterocycles. The van der Waals surface area contributed by atoms with Gasteiger partial charge in [-0.05, 0) is 19.8 Å². The van der Waals surface area contributed by atoms with E-state index in [1.807, 2.05) is 6.92 Å². The lowest BCUT2D eigenvalue weighted by molar-refractivity contribution is 0.178. The molecule has 0 aromatic heterocycles. The van der Waals surface area contributed by atoms with Gasteiger partial charge >= 0.3 is 6.03 Å². The van der Waals surface area contributed by atoms with Gasteiger partial charge < -0.3 is 16.0 Å². The van der Waals surface area contributed by atoms with Crippen molar-refractivity contribution in [1.29, 1.82) is 5.41 Å². The number of carbonyl (C=O) groups excluding carboxylic acids is 1. The van der Waals surface area contributed by atoms with Crippen molar-refractivity contribution in [3.05, 3.63) is 0 Å². The van der Waals surface area contributed by atoms with E-state index in [-0.39, 0.29) is 17.8 Å². The Hall–Kier alpha value is -1.26. The molecule has 80 valence electrons. The second kappa shape index (κ2) is 4.83. The van der Waals surface area contributed by atoms with Crippen molar-refractivity contribution >= 4 is 11.9 Å². The van der Waals surface area contributed by atoms with Gasteiger partial charge in [0.25, 0.3) is 0 Å². The lowest BCUT2D eigenvalue weighted by atomic mass is 9.97. The standard InChI is InChI=1S/C9H18N4O/c1-2-12-9(14)13-5-3-4-7(6-13)8(10)11/h7H,2-6H2,1H3,(H3,10,11)(H,12,14). The summed E-state index contributed by atoms with van der Waals surface area (Å²) in [7, 11) is 0. The number of hydrogen-bond donors (Lipinski definition) is 3. The third kappa shape index (κ3) is 2.61. The number of nitrogens with two attached hydrogens (primary N) is 1. The maximum absolute atomic E-state index is 11.5. The lowest BCUT2D eigenvalue weighted by Gasteiger charge is -2.31. The number of amidine groups is 1. The van der Waals surface area contributed by atoms with Gasteiger partial charge in [0.15, 0.2) is 0 Å². The Balaban J connectivity index is 2.47. The Morgan fingerprint density at radius 3 is 3.00 bits per heavy atom. The summed E-state index contributed by atoms with van der Waals surface area (Å²) in [5, 5.41) is 10.1. The molecule has 14 heavy (non-hydrogen) atoms. The second-order valence-electron chi connectivity index (χ2n) is 3.58. The van der Waals surface area contributed by atoms with Crippen molar-refractivity contribution in [3.63, 3.8) is 0 Å². The third-order valence-corrected chi connectivity index (χ3v) is 2.48. The van der Waals surface area contributed by atoms with Gasteiger partial charge in [-0.25, -0.2) is 4.79 Å². The van der Waals surface area contributed by atoms with Gasteiger partial charge in [-0.3, -0.25) is 5.41 Å². The fraction of sp³-hybridized carbons (Fsp3) is 0.778. The molecule has 5 nitrogen and oxygen atoms in total. The van der Waals surface area contributed by atoms with Crippen LogP contribution in [0.15, 0.2) is 0 Å². The predicted octanol–water partition coefficient (Wildman–Crippen LogP) is 0.364. The van der Waals surface area contributed by atoms with Crippen LogP contribution in [0.2, 0.25) is 0 Å². The molecular weight excluding hydrogens is 180 g/mol.